The maximum Gasteiger partial charge on any atom is 0.271 e. The summed E-state index contributed by atoms with van der Waals surface area (Å²) in [5, 5.41) is 0.324. The van der Waals surface area contributed by atoms with E-state index >= 15 is 0 Å². The van der Waals surface area contributed by atoms with Crippen LogP contribution in [0.5, 0.6) is 0 Å². The lowest BCUT2D eigenvalue weighted by molar-refractivity contribution is 0.0992. The van der Waals surface area contributed by atoms with Crippen molar-refractivity contribution in [3.63, 3.8) is 0 Å². The Morgan fingerprint density at radius 2 is 2.30 bits per heavy atom. The molecule has 0 aromatic carbocycles. The van der Waals surface area contributed by atoms with Crippen molar-refractivity contribution in [2.45, 2.75) is 0 Å². The molecule has 1 aromatic heterocycles. The highest BCUT2D eigenvalue weighted by Gasteiger charge is 1.98. The highest BCUT2D eigenvalue weighted by molar-refractivity contribution is 6.29. The summed E-state index contributed by atoms with van der Waals surface area (Å²) in [4.78, 5) is 14.0. The third-order valence-corrected chi connectivity index (χ3v) is 1.21. The maximum atomic E-state index is 10.3. The Balaban J connectivity index is 3.00. The average Bonchev–Trinajstić information content (AvgIpc) is 1.88. The van der Waals surface area contributed by atoms with E-state index in [0.29, 0.717) is 5.15 Å². The minimum atomic E-state index is -0.746. The van der Waals surface area contributed by atoms with Crippen molar-refractivity contribution in [1.82, 2.24) is 10.7 Å². The lowest BCUT2D eigenvalue weighted by Crippen LogP contribution is -1.98. The van der Waals surface area contributed by atoms with Gasteiger partial charge in [0, 0.05) is 6.20 Å². The van der Waals surface area contributed by atoms with E-state index < -0.39 is 5.91 Å². The molecule has 10 heavy (non-hydrogen) atoms. The first-order chi connectivity index (χ1) is 4.70. The first-order valence-electron chi connectivity index (χ1n) is 2.57. The van der Waals surface area contributed by atoms with Crippen LogP contribution < -0.4 is 5.73 Å². The van der Waals surface area contributed by atoms with E-state index in [-0.39, 0.29) is 5.56 Å². The zero-order valence-corrected chi connectivity index (χ0v) is 5.72. The van der Waals surface area contributed by atoms with E-state index in [4.69, 9.17) is 17.3 Å². The van der Waals surface area contributed by atoms with Gasteiger partial charge in [0.1, 0.15) is 5.15 Å². The summed E-state index contributed by atoms with van der Waals surface area (Å²) < 4.78 is 0. The van der Waals surface area contributed by atoms with E-state index in [2.05, 4.69) is 4.98 Å². The van der Waals surface area contributed by atoms with Crippen molar-refractivity contribution in [2.75, 3.05) is 0 Å². The number of pyridine rings is 1. The second-order valence-electron chi connectivity index (χ2n) is 1.70. The molecular formula is C6H4ClN2O. The monoisotopic (exact) mass is 155 g/mol. The van der Waals surface area contributed by atoms with Gasteiger partial charge in [-0.25, -0.2) is 4.98 Å². The molecule has 1 N–H and O–H groups in total. The molecule has 1 heterocycles. The van der Waals surface area contributed by atoms with E-state index in [1.54, 1.807) is 0 Å². The van der Waals surface area contributed by atoms with Gasteiger partial charge in [-0.1, -0.05) is 11.6 Å². The molecule has 0 unspecified atom stereocenters. The predicted octanol–water partition coefficient (Wildman–Crippen LogP) is 1.16. The molecular weight excluding hydrogens is 152 g/mol. The lowest BCUT2D eigenvalue weighted by atomic mass is 10.3. The molecule has 0 atom stereocenters. The summed E-state index contributed by atoms with van der Waals surface area (Å²) in [7, 11) is 0. The van der Waals surface area contributed by atoms with Crippen LogP contribution in [0.15, 0.2) is 18.3 Å². The SMILES string of the molecule is [NH]C(=O)c1ccc(Cl)nc1. The van der Waals surface area contributed by atoms with Gasteiger partial charge < -0.3 is 0 Å². The fourth-order valence-electron chi connectivity index (χ4n) is 0.510. The summed E-state index contributed by atoms with van der Waals surface area (Å²) in [6.45, 7) is 0. The van der Waals surface area contributed by atoms with Gasteiger partial charge in [-0.3, -0.25) is 10.5 Å². The van der Waals surface area contributed by atoms with Crippen LogP contribution in [-0.2, 0) is 0 Å². The normalized spacial score (nSPS) is 9.30. The third-order valence-electron chi connectivity index (χ3n) is 0.990. The zero-order valence-electron chi connectivity index (χ0n) is 4.97. The number of carbonyl (C=O) groups excluding carboxylic acids is 1. The number of rotatable bonds is 1. The van der Waals surface area contributed by atoms with Crippen LogP contribution in [0.4, 0.5) is 0 Å². The van der Waals surface area contributed by atoms with Crippen molar-refractivity contribution >= 4 is 17.5 Å². The highest BCUT2D eigenvalue weighted by Crippen LogP contribution is 2.04. The van der Waals surface area contributed by atoms with Gasteiger partial charge in [-0.05, 0) is 12.1 Å². The largest absolute Gasteiger partial charge is 0.271 e. The van der Waals surface area contributed by atoms with Gasteiger partial charge in [-0.15, -0.1) is 0 Å². The Kier molecular flexibility index (Phi) is 1.87. The predicted molar refractivity (Wildman–Crippen MR) is 36.7 cm³/mol. The number of nitrogens with one attached hydrogen (secondary N) is 1. The number of hydrogen-bond donors (Lipinski definition) is 0. The maximum absolute atomic E-state index is 10.3. The number of hydrogen-bond acceptors (Lipinski definition) is 2. The van der Waals surface area contributed by atoms with E-state index in [0.717, 1.165) is 0 Å². The molecule has 0 aliphatic heterocycles. The number of halogens is 1. The molecule has 0 aliphatic rings. The fraction of sp³-hybridized carbons (Fsp3) is 0. The second kappa shape index (κ2) is 2.66. The number of carbonyl (C=O) groups is 1. The Morgan fingerprint density at radius 3 is 2.70 bits per heavy atom. The standard InChI is InChI=1S/C6H4ClN2O/c7-5-2-1-4(3-9-5)6(8)10/h1-3,8H. The van der Waals surface area contributed by atoms with E-state index in [9.17, 15) is 4.79 Å². The molecule has 1 aromatic rings. The molecule has 4 heteroatoms. The number of amides is 1. The van der Waals surface area contributed by atoms with Crippen LogP contribution in [0.2, 0.25) is 5.15 Å². The first kappa shape index (κ1) is 7.02. The van der Waals surface area contributed by atoms with Crippen molar-refractivity contribution in [1.29, 1.82) is 0 Å². The molecule has 0 spiro atoms. The van der Waals surface area contributed by atoms with Crippen LogP contribution in [0.25, 0.3) is 0 Å². The molecule has 0 saturated carbocycles. The molecule has 51 valence electrons. The van der Waals surface area contributed by atoms with Crippen molar-refractivity contribution in [3.05, 3.63) is 29.0 Å². The van der Waals surface area contributed by atoms with Crippen LogP contribution in [0, 0.1) is 0 Å². The number of aromatic nitrogens is 1. The summed E-state index contributed by atoms with van der Waals surface area (Å²) >= 11 is 5.43. The minimum absolute atomic E-state index is 0.254. The summed E-state index contributed by atoms with van der Waals surface area (Å²) in [5.74, 6) is -0.746. The third kappa shape index (κ3) is 1.45. The van der Waals surface area contributed by atoms with Gasteiger partial charge in [0.15, 0.2) is 0 Å². The van der Waals surface area contributed by atoms with Crippen LogP contribution >= 0.6 is 11.6 Å². The molecule has 0 bridgehead atoms. The highest BCUT2D eigenvalue weighted by atomic mass is 35.5. The molecule has 0 aliphatic carbocycles. The second-order valence-corrected chi connectivity index (χ2v) is 2.09. The topological polar surface area (TPSA) is 53.8 Å². The summed E-state index contributed by atoms with van der Waals surface area (Å²) in [5.41, 5.74) is 6.92. The smallest absolute Gasteiger partial charge is 0.267 e. The number of nitrogens with zero attached hydrogens (tertiary/aromatic N) is 1. The fourth-order valence-corrected chi connectivity index (χ4v) is 0.622. The quantitative estimate of drug-likeness (QED) is 0.572. The summed E-state index contributed by atoms with van der Waals surface area (Å²) in [6.07, 6.45) is 1.28. The Bertz CT molecular complexity index is 244. The van der Waals surface area contributed by atoms with Gasteiger partial charge in [0.25, 0.3) is 5.91 Å². The average molecular weight is 156 g/mol. The Morgan fingerprint density at radius 1 is 1.60 bits per heavy atom. The molecule has 1 radical (unpaired) electrons. The molecule has 0 fully saturated rings. The first-order valence-corrected chi connectivity index (χ1v) is 2.95. The van der Waals surface area contributed by atoms with Crippen molar-refractivity contribution < 1.29 is 4.79 Å². The molecule has 3 nitrogen and oxygen atoms in total. The van der Waals surface area contributed by atoms with Gasteiger partial charge in [0.05, 0.1) is 5.56 Å². The van der Waals surface area contributed by atoms with E-state index in [1.165, 1.54) is 18.3 Å². The van der Waals surface area contributed by atoms with E-state index in [1.807, 2.05) is 0 Å². The lowest BCUT2D eigenvalue weighted by Gasteiger charge is -1.90. The van der Waals surface area contributed by atoms with Gasteiger partial charge >= 0.3 is 0 Å². The molecule has 1 amide bonds. The van der Waals surface area contributed by atoms with Crippen molar-refractivity contribution in [3.8, 4) is 0 Å². The van der Waals surface area contributed by atoms with Gasteiger partial charge in [0.2, 0.25) is 0 Å². The van der Waals surface area contributed by atoms with Crippen LogP contribution in [-0.4, -0.2) is 10.9 Å². The Hall–Kier alpha value is -1.09. The molecule has 0 saturated heterocycles. The van der Waals surface area contributed by atoms with Crippen molar-refractivity contribution in [2.24, 2.45) is 0 Å². The summed E-state index contributed by atoms with van der Waals surface area (Å²) in [6, 6.07) is 2.94. The molecule has 1 rings (SSSR count). The Labute approximate surface area is 62.8 Å². The van der Waals surface area contributed by atoms with Crippen LogP contribution in [0.1, 0.15) is 10.4 Å². The minimum Gasteiger partial charge on any atom is -0.267 e. The van der Waals surface area contributed by atoms with Gasteiger partial charge in [-0.2, -0.15) is 0 Å². The zero-order chi connectivity index (χ0) is 7.56. The van der Waals surface area contributed by atoms with Crippen LogP contribution in [0.3, 0.4) is 0 Å².